The topological polar surface area (TPSA) is 138 Å². The molecule has 162 valence electrons. The van der Waals surface area contributed by atoms with Gasteiger partial charge >= 0.3 is 0 Å². The number of hydrogen-bond donors (Lipinski definition) is 4. The summed E-state index contributed by atoms with van der Waals surface area (Å²) in [7, 11) is 0. The van der Waals surface area contributed by atoms with Crippen molar-refractivity contribution in [1.82, 2.24) is 0 Å². The fourth-order valence-corrected chi connectivity index (χ4v) is 5.79. The minimum absolute atomic E-state index is 0.0911. The number of primary amides is 1. The van der Waals surface area contributed by atoms with Crippen molar-refractivity contribution in [1.29, 1.82) is 0 Å². The van der Waals surface area contributed by atoms with Crippen LogP contribution in [0.4, 0.5) is 0 Å². The Morgan fingerprint density at radius 1 is 1.13 bits per heavy atom. The molecule has 7 heteroatoms. The van der Waals surface area contributed by atoms with Crippen LogP contribution in [0.15, 0.2) is 29.0 Å². The maximum absolute atomic E-state index is 13.5. The molecule has 31 heavy (non-hydrogen) atoms. The van der Waals surface area contributed by atoms with Gasteiger partial charge in [0.05, 0.1) is 11.5 Å². The summed E-state index contributed by atoms with van der Waals surface area (Å²) < 4.78 is 0. The van der Waals surface area contributed by atoms with Gasteiger partial charge in [0.25, 0.3) is 5.91 Å². The molecule has 1 amide bonds. The molecule has 4 aliphatic rings. The van der Waals surface area contributed by atoms with Crippen LogP contribution in [0.5, 0.6) is 5.75 Å². The van der Waals surface area contributed by atoms with Crippen molar-refractivity contribution in [3.8, 4) is 5.75 Å². The molecular formula is C24H25NO6. The predicted octanol–water partition coefficient (Wildman–Crippen LogP) is 2.51. The fourth-order valence-electron chi connectivity index (χ4n) is 5.79. The lowest BCUT2D eigenvalue weighted by molar-refractivity contribution is -0.136. The van der Waals surface area contributed by atoms with Crippen LogP contribution in [0.2, 0.25) is 0 Å². The number of benzene rings is 1. The number of nitrogens with two attached hydrogens (primary N) is 1. The highest BCUT2D eigenvalue weighted by Crippen LogP contribution is 2.51. The van der Waals surface area contributed by atoms with Crippen LogP contribution in [-0.4, -0.2) is 32.8 Å². The first-order valence-electron chi connectivity index (χ1n) is 10.8. The van der Waals surface area contributed by atoms with Gasteiger partial charge in [0.15, 0.2) is 11.6 Å². The predicted molar refractivity (Wildman–Crippen MR) is 111 cm³/mol. The fraction of sp³-hybridized carbons (Fsp3) is 0.458. The van der Waals surface area contributed by atoms with E-state index in [1.165, 1.54) is 12.8 Å². The molecule has 2 fully saturated rings. The molecule has 0 spiro atoms. The largest absolute Gasteiger partial charge is 0.511 e. The molecule has 0 bridgehead atoms. The lowest BCUT2D eigenvalue weighted by Gasteiger charge is -2.43. The first-order valence-corrected chi connectivity index (χ1v) is 10.8. The monoisotopic (exact) mass is 423 g/mol. The van der Waals surface area contributed by atoms with E-state index in [0.29, 0.717) is 18.8 Å². The number of allylic oxidation sites excluding steroid dienone is 2. The molecule has 5 N–H and O–H groups in total. The molecule has 0 radical (unpaired) electrons. The molecule has 0 heterocycles. The Balaban J connectivity index is 1.62. The number of amides is 1. The number of phenols is 1. The van der Waals surface area contributed by atoms with Gasteiger partial charge in [-0.1, -0.05) is 13.0 Å². The number of carbonyl (C=O) groups is 3. The third-order valence-electron chi connectivity index (χ3n) is 7.58. The minimum Gasteiger partial charge on any atom is -0.511 e. The number of aliphatic hydroxyl groups excluding tert-OH is 2. The van der Waals surface area contributed by atoms with Gasteiger partial charge in [0.2, 0.25) is 0 Å². The zero-order valence-electron chi connectivity index (χ0n) is 17.2. The van der Waals surface area contributed by atoms with Gasteiger partial charge < -0.3 is 21.1 Å². The van der Waals surface area contributed by atoms with E-state index >= 15 is 0 Å². The van der Waals surface area contributed by atoms with Gasteiger partial charge in [-0.3, -0.25) is 14.4 Å². The summed E-state index contributed by atoms with van der Waals surface area (Å²) in [6.45, 7) is 1.69. The summed E-state index contributed by atoms with van der Waals surface area (Å²) in [6.07, 6.45) is 4.10. The number of aliphatic hydroxyl groups is 2. The maximum Gasteiger partial charge on any atom is 0.255 e. The minimum atomic E-state index is -1.17. The summed E-state index contributed by atoms with van der Waals surface area (Å²) in [6, 6.07) is 3.43. The lowest BCUT2D eigenvalue weighted by Crippen LogP contribution is -2.49. The van der Waals surface area contributed by atoms with E-state index in [2.05, 4.69) is 0 Å². The highest BCUT2D eigenvalue weighted by atomic mass is 16.3. The molecule has 0 aliphatic heterocycles. The van der Waals surface area contributed by atoms with Gasteiger partial charge in [0.1, 0.15) is 22.8 Å². The van der Waals surface area contributed by atoms with E-state index in [-0.39, 0.29) is 34.3 Å². The number of fused-ring (bicyclic) bond motifs is 3. The molecule has 0 saturated heterocycles. The molecular weight excluding hydrogens is 398 g/mol. The van der Waals surface area contributed by atoms with Crippen LogP contribution in [0, 0.1) is 29.6 Å². The molecule has 7 nitrogen and oxygen atoms in total. The first kappa shape index (κ1) is 19.8. The van der Waals surface area contributed by atoms with Gasteiger partial charge in [-0.25, -0.2) is 0 Å². The van der Waals surface area contributed by atoms with Crippen molar-refractivity contribution < 1.29 is 29.7 Å². The average molecular weight is 423 g/mol. The zero-order chi connectivity index (χ0) is 22.2. The Kier molecular flexibility index (Phi) is 4.29. The zero-order valence-corrected chi connectivity index (χ0v) is 17.2. The molecule has 0 aromatic heterocycles. The number of aromatic hydroxyl groups is 1. The molecule has 4 atom stereocenters. The summed E-state index contributed by atoms with van der Waals surface area (Å²) in [5.74, 6) is -5.03. The number of rotatable bonds is 3. The molecule has 4 aliphatic carbocycles. The van der Waals surface area contributed by atoms with Crippen molar-refractivity contribution in [3.63, 3.8) is 0 Å². The third-order valence-corrected chi connectivity index (χ3v) is 7.58. The van der Waals surface area contributed by atoms with Crippen molar-refractivity contribution in [2.24, 2.45) is 35.3 Å². The average Bonchev–Trinajstić information content (AvgIpc) is 3.51. The highest BCUT2D eigenvalue weighted by molar-refractivity contribution is 6.28. The van der Waals surface area contributed by atoms with Crippen molar-refractivity contribution >= 4 is 23.2 Å². The number of hydrogen-bond acceptors (Lipinski definition) is 6. The van der Waals surface area contributed by atoms with E-state index in [1.807, 2.05) is 6.07 Å². The maximum atomic E-state index is 13.5. The highest BCUT2D eigenvalue weighted by Gasteiger charge is 2.54. The number of Topliss-reactive ketones (excluding diaryl/α,β-unsaturated/α-hetero) is 2. The Labute approximate surface area is 179 Å². The summed E-state index contributed by atoms with van der Waals surface area (Å²) in [5.41, 5.74) is 7.12. The SMILES string of the molecule is CC1C(O)=C(C(N)=O)C(=O)C2C(=O)C3=C(O)c4c(O)ccc(CC5CC5)c4CC3CC12. The Morgan fingerprint density at radius 2 is 1.84 bits per heavy atom. The Morgan fingerprint density at radius 3 is 2.48 bits per heavy atom. The van der Waals surface area contributed by atoms with Crippen molar-refractivity contribution in [2.45, 2.75) is 39.0 Å². The van der Waals surface area contributed by atoms with E-state index in [1.54, 1.807) is 13.0 Å². The van der Waals surface area contributed by atoms with E-state index in [9.17, 15) is 29.7 Å². The van der Waals surface area contributed by atoms with E-state index < -0.39 is 40.8 Å². The summed E-state index contributed by atoms with van der Waals surface area (Å²) in [4.78, 5) is 38.2. The number of ketones is 2. The van der Waals surface area contributed by atoms with Gasteiger partial charge in [-0.2, -0.15) is 0 Å². The second-order valence-electron chi connectivity index (χ2n) is 9.43. The van der Waals surface area contributed by atoms with Gasteiger partial charge in [-0.15, -0.1) is 0 Å². The van der Waals surface area contributed by atoms with Gasteiger partial charge in [0, 0.05) is 11.5 Å². The summed E-state index contributed by atoms with van der Waals surface area (Å²) >= 11 is 0. The smallest absolute Gasteiger partial charge is 0.255 e. The third kappa shape index (κ3) is 2.82. The van der Waals surface area contributed by atoms with Crippen LogP contribution >= 0.6 is 0 Å². The van der Waals surface area contributed by atoms with Crippen LogP contribution in [0.25, 0.3) is 5.76 Å². The Bertz CT molecular complexity index is 1110. The van der Waals surface area contributed by atoms with Gasteiger partial charge in [-0.05, 0) is 67.1 Å². The normalized spacial score (nSPS) is 30.1. The van der Waals surface area contributed by atoms with Crippen LogP contribution in [0.3, 0.4) is 0 Å². The van der Waals surface area contributed by atoms with Crippen molar-refractivity contribution in [3.05, 3.63) is 45.7 Å². The molecule has 1 aromatic carbocycles. The molecule has 2 saturated carbocycles. The second-order valence-corrected chi connectivity index (χ2v) is 9.43. The molecule has 5 rings (SSSR count). The quantitative estimate of drug-likeness (QED) is 0.435. The summed E-state index contributed by atoms with van der Waals surface area (Å²) in [5, 5.41) is 32.0. The van der Waals surface area contributed by atoms with Crippen LogP contribution < -0.4 is 5.73 Å². The molecule has 4 unspecified atom stereocenters. The van der Waals surface area contributed by atoms with Crippen LogP contribution in [0.1, 0.15) is 42.9 Å². The van der Waals surface area contributed by atoms with Crippen LogP contribution in [-0.2, 0) is 27.2 Å². The first-order chi connectivity index (χ1) is 14.7. The lowest BCUT2D eigenvalue weighted by atomic mass is 9.58. The number of phenolic OH excluding ortho intramolecular Hbond substituents is 1. The molecule has 1 aromatic rings. The second kappa shape index (κ2) is 6.70. The van der Waals surface area contributed by atoms with Crippen molar-refractivity contribution in [2.75, 3.05) is 0 Å². The van der Waals surface area contributed by atoms with E-state index in [0.717, 1.165) is 17.5 Å². The Hall–Kier alpha value is -3.09. The van der Waals surface area contributed by atoms with E-state index in [4.69, 9.17) is 5.73 Å². The standard InChI is InChI=1S/C24H25NO6/c1-9-13-7-12-8-14-11(6-10-2-3-10)4-5-15(26)17(14)21(28)16(12)22(29)18(13)23(30)19(20(9)27)24(25)31/h4-5,9-10,12-13,18,26-28H,2-3,6-8H2,1H3,(H2,25,31). The number of carbonyl (C=O) groups excluding carboxylic acids is 3.